The van der Waals surface area contributed by atoms with Gasteiger partial charge < -0.3 is 14.4 Å². The van der Waals surface area contributed by atoms with E-state index in [-0.39, 0.29) is 11.0 Å². The number of nitrogens with zero attached hydrogens (tertiary/aromatic N) is 4. The molecule has 0 radical (unpaired) electrons. The number of nitrogens with one attached hydrogen (secondary N) is 3. The lowest BCUT2D eigenvalue weighted by Crippen LogP contribution is -2.14. The normalized spacial score (nSPS) is 15.0. The van der Waals surface area contributed by atoms with Crippen LogP contribution >= 0.6 is 0 Å². The van der Waals surface area contributed by atoms with E-state index in [4.69, 9.17) is 4.42 Å². The molecule has 0 amide bonds. The van der Waals surface area contributed by atoms with E-state index < -0.39 is 0 Å². The molecule has 0 unspecified atom stereocenters. The topological polar surface area (TPSA) is 129 Å². The fraction of sp³-hybridized carbons (Fsp3) is 0.150. The molecule has 5 aromatic heterocycles. The van der Waals surface area contributed by atoms with Crippen molar-refractivity contribution in [2.24, 2.45) is 0 Å². The second-order valence-corrected chi connectivity index (χ2v) is 7.25. The molecule has 0 aliphatic heterocycles. The number of aromatic nitrogens is 7. The van der Waals surface area contributed by atoms with Crippen LogP contribution in [0.25, 0.3) is 33.6 Å². The van der Waals surface area contributed by atoms with Crippen molar-refractivity contribution in [1.29, 1.82) is 0 Å². The summed E-state index contributed by atoms with van der Waals surface area (Å²) in [4.78, 5) is 22.0. The molecule has 142 valence electrons. The monoisotopic (exact) mass is 385 g/mol. The Kier molecular flexibility index (Phi) is 3.17. The molecule has 1 aliphatic rings. The number of aromatic amines is 3. The maximum absolute atomic E-state index is 11.7. The van der Waals surface area contributed by atoms with E-state index in [9.17, 15) is 4.79 Å². The Morgan fingerprint density at radius 2 is 1.97 bits per heavy atom. The lowest BCUT2D eigenvalue weighted by molar-refractivity contribution is 0.472. The van der Waals surface area contributed by atoms with Gasteiger partial charge in [0.2, 0.25) is 17.3 Å². The Morgan fingerprint density at radius 3 is 2.76 bits per heavy atom. The average Bonchev–Trinajstić information content (AvgIpc) is 3.13. The summed E-state index contributed by atoms with van der Waals surface area (Å²) in [6.07, 6.45) is 10.6. The van der Waals surface area contributed by atoms with Crippen LogP contribution in [0.1, 0.15) is 24.3 Å². The van der Waals surface area contributed by atoms with Gasteiger partial charge in [-0.15, -0.1) is 10.2 Å². The van der Waals surface area contributed by atoms with Crippen LogP contribution in [0.5, 0.6) is 0 Å². The van der Waals surface area contributed by atoms with Gasteiger partial charge in [0, 0.05) is 47.4 Å². The number of fused-ring (bicyclic) bond motifs is 1. The molecule has 1 aliphatic carbocycles. The summed E-state index contributed by atoms with van der Waals surface area (Å²) >= 11 is 0. The van der Waals surface area contributed by atoms with E-state index in [0.29, 0.717) is 11.8 Å². The molecule has 9 heteroatoms. The van der Waals surface area contributed by atoms with E-state index in [1.807, 2.05) is 24.5 Å². The third-order valence-corrected chi connectivity index (χ3v) is 5.51. The van der Waals surface area contributed by atoms with E-state index >= 15 is 0 Å². The van der Waals surface area contributed by atoms with Gasteiger partial charge >= 0.3 is 0 Å². The summed E-state index contributed by atoms with van der Waals surface area (Å²) in [6.45, 7) is 0. The minimum absolute atomic E-state index is 0.136. The Hall–Kier alpha value is -4.01. The minimum atomic E-state index is -0.369. The largest absolute Gasteiger partial charge is 0.420 e. The maximum atomic E-state index is 11.7. The highest BCUT2D eigenvalue weighted by Crippen LogP contribution is 2.53. The van der Waals surface area contributed by atoms with Crippen LogP contribution < -0.4 is 5.56 Å². The van der Waals surface area contributed by atoms with Gasteiger partial charge in [0.15, 0.2) is 0 Å². The second kappa shape index (κ2) is 5.74. The molecule has 0 bridgehead atoms. The molecule has 0 spiro atoms. The summed E-state index contributed by atoms with van der Waals surface area (Å²) in [5.74, 6) is 0.958. The third-order valence-electron chi connectivity index (χ3n) is 5.51. The zero-order valence-corrected chi connectivity index (χ0v) is 15.1. The van der Waals surface area contributed by atoms with E-state index in [1.54, 1.807) is 24.7 Å². The highest BCUT2D eigenvalue weighted by atomic mass is 16.4. The quantitative estimate of drug-likeness (QED) is 0.436. The van der Waals surface area contributed by atoms with Gasteiger partial charge in [-0.2, -0.15) is 5.10 Å². The first-order valence-corrected chi connectivity index (χ1v) is 9.23. The van der Waals surface area contributed by atoms with Crippen LogP contribution in [-0.4, -0.2) is 35.3 Å². The van der Waals surface area contributed by atoms with Gasteiger partial charge in [-0.25, -0.2) is 4.98 Å². The highest BCUT2D eigenvalue weighted by Gasteiger charge is 2.51. The molecule has 0 saturated heterocycles. The van der Waals surface area contributed by atoms with Crippen molar-refractivity contribution in [2.75, 3.05) is 0 Å². The summed E-state index contributed by atoms with van der Waals surface area (Å²) in [5, 5.41) is 16.3. The van der Waals surface area contributed by atoms with Crippen LogP contribution in [0.4, 0.5) is 0 Å². The summed E-state index contributed by atoms with van der Waals surface area (Å²) in [5.41, 5.74) is 3.81. The van der Waals surface area contributed by atoms with Crippen molar-refractivity contribution in [3.63, 3.8) is 0 Å². The van der Waals surface area contributed by atoms with Crippen LogP contribution in [0.15, 0.2) is 58.4 Å². The molecule has 5 heterocycles. The first kappa shape index (κ1) is 16.0. The summed E-state index contributed by atoms with van der Waals surface area (Å²) < 4.78 is 6.09. The SMILES string of the molecule is O=c1cc(C2(c3nnc(-c4c[nH]c5ncc(-c6cn[nH]c6)cc45)o3)CC2)cc[nH]1. The summed E-state index contributed by atoms with van der Waals surface area (Å²) in [7, 11) is 0. The first-order chi connectivity index (χ1) is 14.2. The minimum Gasteiger partial charge on any atom is -0.420 e. The van der Waals surface area contributed by atoms with Gasteiger partial charge in [0.25, 0.3) is 0 Å². The van der Waals surface area contributed by atoms with Crippen LogP contribution in [-0.2, 0) is 5.41 Å². The van der Waals surface area contributed by atoms with Crippen LogP contribution in [0, 0.1) is 0 Å². The molecule has 5 aromatic rings. The van der Waals surface area contributed by atoms with Crippen molar-refractivity contribution in [1.82, 2.24) is 35.3 Å². The van der Waals surface area contributed by atoms with Crippen LogP contribution in [0.3, 0.4) is 0 Å². The van der Waals surface area contributed by atoms with Crippen molar-refractivity contribution >= 4 is 11.0 Å². The predicted molar refractivity (Wildman–Crippen MR) is 104 cm³/mol. The third kappa shape index (κ3) is 2.44. The van der Waals surface area contributed by atoms with E-state index in [1.165, 1.54) is 0 Å². The van der Waals surface area contributed by atoms with Crippen molar-refractivity contribution in [2.45, 2.75) is 18.3 Å². The average molecular weight is 385 g/mol. The number of pyridine rings is 2. The molecule has 9 nitrogen and oxygen atoms in total. The van der Waals surface area contributed by atoms with Crippen molar-refractivity contribution in [3.8, 4) is 22.6 Å². The molecule has 3 N–H and O–H groups in total. The first-order valence-electron chi connectivity index (χ1n) is 9.23. The summed E-state index contributed by atoms with van der Waals surface area (Å²) in [6, 6.07) is 5.52. The molecule has 0 aromatic carbocycles. The van der Waals surface area contributed by atoms with Crippen LogP contribution in [0.2, 0.25) is 0 Å². The maximum Gasteiger partial charge on any atom is 0.249 e. The molecular formula is C20H15N7O2. The molecule has 1 fully saturated rings. The number of hydrogen-bond donors (Lipinski definition) is 3. The van der Waals surface area contributed by atoms with Crippen molar-refractivity contribution < 1.29 is 4.42 Å². The van der Waals surface area contributed by atoms with Gasteiger partial charge in [0.05, 0.1) is 17.2 Å². The highest BCUT2D eigenvalue weighted by molar-refractivity contribution is 5.93. The van der Waals surface area contributed by atoms with Gasteiger partial charge in [-0.3, -0.25) is 9.89 Å². The fourth-order valence-corrected chi connectivity index (χ4v) is 3.77. The lowest BCUT2D eigenvalue weighted by atomic mass is 9.97. The Balaban J connectivity index is 1.43. The molecule has 6 rings (SSSR count). The van der Waals surface area contributed by atoms with Gasteiger partial charge in [-0.1, -0.05) is 0 Å². The molecule has 29 heavy (non-hydrogen) atoms. The number of rotatable bonds is 4. The smallest absolute Gasteiger partial charge is 0.249 e. The number of H-pyrrole nitrogens is 3. The Labute approximate surface area is 163 Å². The Morgan fingerprint density at radius 1 is 1.03 bits per heavy atom. The fourth-order valence-electron chi connectivity index (χ4n) is 3.77. The van der Waals surface area contributed by atoms with E-state index in [0.717, 1.165) is 46.1 Å². The molecular weight excluding hydrogens is 370 g/mol. The lowest BCUT2D eigenvalue weighted by Gasteiger charge is -2.09. The standard InChI is InChI=1S/C20H15N7O2/c28-16-6-13(1-4-21-16)20(2-3-20)19-27-26-18(29-19)15-10-23-17-14(15)5-11(7-22-17)12-8-24-25-9-12/h1,4-10H,2-3H2,(H,21,28)(H,22,23)(H,24,25). The zero-order chi connectivity index (χ0) is 19.4. The zero-order valence-electron chi connectivity index (χ0n) is 15.1. The molecule has 0 atom stereocenters. The number of hydrogen-bond acceptors (Lipinski definition) is 6. The van der Waals surface area contributed by atoms with E-state index in [2.05, 4.69) is 35.3 Å². The predicted octanol–water partition coefficient (Wildman–Crippen LogP) is 2.77. The Bertz CT molecular complexity index is 1390. The van der Waals surface area contributed by atoms with Gasteiger partial charge in [0.1, 0.15) is 5.65 Å². The molecule has 1 saturated carbocycles. The van der Waals surface area contributed by atoms with Crippen molar-refractivity contribution in [3.05, 3.63) is 71.0 Å². The van der Waals surface area contributed by atoms with Gasteiger partial charge in [-0.05, 0) is 30.5 Å². The second-order valence-electron chi connectivity index (χ2n) is 7.25.